The lowest BCUT2D eigenvalue weighted by atomic mass is 10.2. The normalized spacial score (nSPS) is 10.7. The number of ether oxygens (including phenoxy) is 2. The third kappa shape index (κ3) is 4.78. The summed E-state index contributed by atoms with van der Waals surface area (Å²) in [4.78, 5) is 20.2. The molecule has 0 atom stereocenters. The Morgan fingerprint density at radius 2 is 1.96 bits per heavy atom. The zero-order valence-corrected chi connectivity index (χ0v) is 15.7. The van der Waals surface area contributed by atoms with Crippen LogP contribution in [0.2, 0.25) is 0 Å². The summed E-state index contributed by atoms with van der Waals surface area (Å²) in [6.45, 7) is 5.49. The number of carbonyl (C=O) groups is 1. The van der Waals surface area contributed by atoms with Crippen LogP contribution in [0, 0.1) is 0 Å². The number of amides is 1. The van der Waals surface area contributed by atoms with Crippen molar-refractivity contribution in [3.8, 4) is 11.5 Å². The summed E-state index contributed by atoms with van der Waals surface area (Å²) < 4.78 is 11.4. The average molecular weight is 367 g/mol. The average Bonchev–Trinajstić information content (AvgIpc) is 3.10. The van der Waals surface area contributed by atoms with Gasteiger partial charge < -0.3 is 19.8 Å². The number of para-hydroxylation sites is 2. The summed E-state index contributed by atoms with van der Waals surface area (Å²) in [6.07, 6.45) is 2.04. The maximum atomic E-state index is 12.5. The van der Waals surface area contributed by atoms with E-state index in [9.17, 15) is 4.79 Å². The van der Waals surface area contributed by atoms with E-state index in [2.05, 4.69) is 22.2 Å². The van der Waals surface area contributed by atoms with E-state index in [0.29, 0.717) is 42.6 Å². The standard InChI is InChI=1S/C21H25N3O3/c1-3-5-12-27-18-11-10-15(13-19(18)26-4-2)21(25)22-14-20-23-16-8-6-7-9-17(16)24-20/h6-11,13H,3-5,12,14H2,1-2H3,(H,22,25)(H,23,24). The molecule has 3 rings (SSSR count). The fourth-order valence-electron chi connectivity index (χ4n) is 2.72. The number of rotatable bonds is 9. The van der Waals surface area contributed by atoms with Gasteiger partial charge in [-0.3, -0.25) is 4.79 Å². The van der Waals surface area contributed by atoms with Crippen LogP contribution in [0.25, 0.3) is 11.0 Å². The largest absolute Gasteiger partial charge is 0.490 e. The first-order valence-corrected chi connectivity index (χ1v) is 9.32. The predicted octanol–water partition coefficient (Wildman–Crippen LogP) is 4.07. The lowest BCUT2D eigenvalue weighted by molar-refractivity contribution is 0.0949. The van der Waals surface area contributed by atoms with Gasteiger partial charge in [-0.05, 0) is 43.7 Å². The van der Waals surface area contributed by atoms with Crippen molar-refractivity contribution in [1.82, 2.24) is 15.3 Å². The van der Waals surface area contributed by atoms with Crippen LogP contribution in [0.3, 0.4) is 0 Å². The van der Waals surface area contributed by atoms with Gasteiger partial charge >= 0.3 is 0 Å². The minimum atomic E-state index is -0.184. The Hall–Kier alpha value is -3.02. The molecule has 2 aromatic carbocycles. The lowest BCUT2D eigenvalue weighted by Crippen LogP contribution is -2.23. The topological polar surface area (TPSA) is 76.2 Å². The van der Waals surface area contributed by atoms with Crippen LogP contribution in [-0.2, 0) is 6.54 Å². The monoisotopic (exact) mass is 367 g/mol. The maximum absolute atomic E-state index is 12.5. The Kier molecular flexibility index (Phi) is 6.30. The number of benzene rings is 2. The van der Waals surface area contributed by atoms with Gasteiger partial charge in [-0.1, -0.05) is 25.5 Å². The van der Waals surface area contributed by atoms with Gasteiger partial charge in [0.15, 0.2) is 11.5 Å². The fraction of sp³-hybridized carbons (Fsp3) is 0.333. The molecule has 0 aliphatic carbocycles. The van der Waals surface area contributed by atoms with Crippen LogP contribution in [0.5, 0.6) is 11.5 Å². The van der Waals surface area contributed by atoms with Crippen molar-refractivity contribution >= 4 is 16.9 Å². The molecule has 1 amide bonds. The van der Waals surface area contributed by atoms with E-state index < -0.39 is 0 Å². The summed E-state index contributed by atoms with van der Waals surface area (Å²) in [6, 6.07) is 13.0. The van der Waals surface area contributed by atoms with Gasteiger partial charge in [0.1, 0.15) is 5.82 Å². The number of fused-ring (bicyclic) bond motifs is 1. The zero-order valence-electron chi connectivity index (χ0n) is 15.7. The van der Waals surface area contributed by atoms with E-state index in [-0.39, 0.29) is 5.91 Å². The highest BCUT2D eigenvalue weighted by Crippen LogP contribution is 2.28. The maximum Gasteiger partial charge on any atom is 0.251 e. The van der Waals surface area contributed by atoms with Crippen LogP contribution in [0.1, 0.15) is 42.9 Å². The number of nitrogens with one attached hydrogen (secondary N) is 2. The van der Waals surface area contributed by atoms with Crippen molar-refractivity contribution < 1.29 is 14.3 Å². The van der Waals surface area contributed by atoms with Crippen LogP contribution in [-0.4, -0.2) is 29.1 Å². The van der Waals surface area contributed by atoms with Crippen LogP contribution in [0.15, 0.2) is 42.5 Å². The summed E-state index contributed by atoms with van der Waals surface area (Å²) >= 11 is 0. The molecule has 0 radical (unpaired) electrons. The van der Waals surface area contributed by atoms with E-state index in [0.717, 1.165) is 23.9 Å². The van der Waals surface area contributed by atoms with E-state index in [1.54, 1.807) is 18.2 Å². The molecule has 6 nitrogen and oxygen atoms in total. The van der Waals surface area contributed by atoms with Crippen molar-refractivity contribution in [3.05, 3.63) is 53.9 Å². The fourth-order valence-corrected chi connectivity index (χ4v) is 2.72. The van der Waals surface area contributed by atoms with Gasteiger partial charge in [0, 0.05) is 5.56 Å². The van der Waals surface area contributed by atoms with Crippen molar-refractivity contribution in [1.29, 1.82) is 0 Å². The molecule has 27 heavy (non-hydrogen) atoms. The molecule has 0 unspecified atom stereocenters. The highest BCUT2D eigenvalue weighted by molar-refractivity contribution is 5.94. The first-order valence-electron chi connectivity index (χ1n) is 9.32. The molecule has 1 aromatic heterocycles. The Bertz CT molecular complexity index is 872. The zero-order chi connectivity index (χ0) is 19.1. The van der Waals surface area contributed by atoms with Gasteiger partial charge in [-0.25, -0.2) is 4.98 Å². The number of unbranched alkanes of at least 4 members (excludes halogenated alkanes) is 1. The minimum absolute atomic E-state index is 0.184. The summed E-state index contributed by atoms with van der Waals surface area (Å²) in [7, 11) is 0. The minimum Gasteiger partial charge on any atom is -0.490 e. The summed E-state index contributed by atoms with van der Waals surface area (Å²) in [5.74, 6) is 1.79. The smallest absolute Gasteiger partial charge is 0.251 e. The molecule has 0 aliphatic rings. The second-order valence-electron chi connectivity index (χ2n) is 6.18. The van der Waals surface area contributed by atoms with Gasteiger partial charge in [0.05, 0.1) is 30.8 Å². The highest BCUT2D eigenvalue weighted by atomic mass is 16.5. The number of hydrogen-bond donors (Lipinski definition) is 2. The second kappa shape index (κ2) is 9.07. The van der Waals surface area contributed by atoms with E-state index in [1.807, 2.05) is 31.2 Å². The molecule has 6 heteroatoms. The van der Waals surface area contributed by atoms with Crippen molar-refractivity contribution in [2.45, 2.75) is 33.2 Å². The first kappa shape index (κ1) is 18.8. The van der Waals surface area contributed by atoms with E-state index in [4.69, 9.17) is 9.47 Å². The van der Waals surface area contributed by atoms with Crippen molar-refractivity contribution in [2.75, 3.05) is 13.2 Å². The molecule has 142 valence electrons. The number of nitrogens with zero attached hydrogens (tertiary/aromatic N) is 1. The van der Waals surface area contributed by atoms with Gasteiger partial charge in [-0.2, -0.15) is 0 Å². The molecular formula is C21H25N3O3. The molecule has 0 aliphatic heterocycles. The molecule has 0 fully saturated rings. The Balaban J connectivity index is 1.66. The molecule has 0 spiro atoms. The number of aromatic amines is 1. The van der Waals surface area contributed by atoms with Gasteiger partial charge in [0.2, 0.25) is 0 Å². The Morgan fingerprint density at radius 1 is 1.11 bits per heavy atom. The second-order valence-corrected chi connectivity index (χ2v) is 6.18. The highest BCUT2D eigenvalue weighted by Gasteiger charge is 2.12. The third-order valence-corrected chi connectivity index (χ3v) is 4.12. The predicted molar refractivity (Wildman–Crippen MR) is 105 cm³/mol. The van der Waals surface area contributed by atoms with E-state index >= 15 is 0 Å². The SMILES string of the molecule is CCCCOc1ccc(C(=O)NCc2nc3ccccc3[nH]2)cc1OCC. The number of imidazole rings is 1. The van der Waals surface area contributed by atoms with Gasteiger partial charge in [0.25, 0.3) is 5.91 Å². The quantitative estimate of drug-likeness (QED) is 0.559. The number of carbonyl (C=O) groups excluding carboxylic acids is 1. The molecule has 3 aromatic rings. The third-order valence-electron chi connectivity index (χ3n) is 4.12. The van der Waals surface area contributed by atoms with Crippen molar-refractivity contribution in [3.63, 3.8) is 0 Å². The number of hydrogen-bond acceptors (Lipinski definition) is 4. The van der Waals surface area contributed by atoms with Crippen LogP contribution in [0.4, 0.5) is 0 Å². The lowest BCUT2D eigenvalue weighted by Gasteiger charge is -2.13. The Morgan fingerprint density at radius 3 is 2.74 bits per heavy atom. The first-order chi connectivity index (χ1) is 13.2. The molecule has 2 N–H and O–H groups in total. The molecule has 0 saturated carbocycles. The number of H-pyrrole nitrogens is 1. The van der Waals surface area contributed by atoms with E-state index in [1.165, 1.54) is 0 Å². The van der Waals surface area contributed by atoms with Crippen molar-refractivity contribution in [2.24, 2.45) is 0 Å². The molecule has 1 heterocycles. The molecule has 0 bridgehead atoms. The summed E-state index contributed by atoms with van der Waals surface area (Å²) in [5, 5.41) is 2.89. The van der Waals surface area contributed by atoms with Crippen LogP contribution < -0.4 is 14.8 Å². The molecular weight excluding hydrogens is 342 g/mol. The van der Waals surface area contributed by atoms with Crippen LogP contribution >= 0.6 is 0 Å². The Labute approximate surface area is 158 Å². The number of aromatic nitrogens is 2. The summed E-state index contributed by atoms with van der Waals surface area (Å²) in [5.41, 5.74) is 2.36. The molecule has 0 saturated heterocycles. The van der Waals surface area contributed by atoms with Gasteiger partial charge in [-0.15, -0.1) is 0 Å².